The van der Waals surface area contributed by atoms with Crippen molar-refractivity contribution in [3.8, 4) is 6.07 Å². The second kappa shape index (κ2) is 4.51. The van der Waals surface area contributed by atoms with Gasteiger partial charge in [-0.2, -0.15) is 5.26 Å². The molecule has 0 spiro atoms. The topological polar surface area (TPSA) is 52.9 Å². The molecule has 0 aliphatic rings. The van der Waals surface area contributed by atoms with Gasteiger partial charge in [-0.15, -0.1) is 0 Å². The van der Waals surface area contributed by atoms with Gasteiger partial charge in [0.25, 0.3) is 0 Å². The molecule has 0 saturated heterocycles. The van der Waals surface area contributed by atoms with Gasteiger partial charge in [0.2, 0.25) is 5.91 Å². The zero-order valence-electron chi connectivity index (χ0n) is 7.97. The second-order valence-corrected chi connectivity index (χ2v) is 2.96. The number of nitriles is 1. The van der Waals surface area contributed by atoms with E-state index in [2.05, 4.69) is 5.32 Å². The molecule has 1 N–H and O–H groups in total. The van der Waals surface area contributed by atoms with Crippen LogP contribution in [0.3, 0.4) is 0 Å². The Morgan fingerprint density at radius 1 is 1.47 bits per heavy atom. The van der Waals surface area contributed by atoms with E-state index in [1.165, 1.54) is 6.92 Å². The Morgan fingerprint density at radius 3 is 2.73 bits per heavy atom. The minimum atomic E-state index is -0.722. The highest BCUT2D eigenvalue weighted by molar-refractivity contribution is 5.92. The highest BCUT2D eigenvalue weighted by Crippen LogP contribution is 2.18. The molecule has 5 heteroatoms. The van der Waals surface area contributed by atoms with Crippen molar-refractivity contribution in [3.63, 3.8) is 0 Å². The summed E-state index contributed by atoms with van der Waals surface area (Å²) in [4.78, 5) is 10.9. The fourth-order valence-corrected chi connectivity index (χ4v) is 1.01. The maximum Gasteiger partial charge on any atom is 0.238 e. The van der Waals surface area contributed by atoms with E-state index in [4.69, 9.17) is 5.26 Å². The molecular formula is C10H8F2N2O. The van der Waals surface area contributed by atoms with Crippen molar-refractivity contribution in [1.82, 2.24) is 0 Å². The summed E-state index contributed by atoms with van der Waals surface area (Å²) >= 11 is 0. The molecule has 0 aliphatic heterocycles. The number of aryl methyl sites for hydroxylation is 1. The Hall–Kier alpha value is -1.96. The van der Waals surface area contributed by atoms with Crippen molar-refractivity contribution in [1.29, 1.82) is 5.26 Å². The average molecular weight is 210 g/mol. The number of anilines is 1. The Kier molecular flexibility index (Phi) is 3.34. The molecule has 1 amide bonds. The maximum absolute atomic E-state index is 13.2. The minimum Gasteiger partial charge on any atom is -0.323 e. The molecule has 1 rings (SSSR count). The van der Waals surface area contributed by atoms with Crippen LogP contribution in [-0.2, 0) is 4.79 Å². The SMILES string of the molecule is Cc1cc(F)c(NC(=O)CC#N)cc1F. The van der Waals surface area contributed by atoms with Gasteiger partial charge in [0, 0.05) is 6.07 Å². The Labute approximate surface area is 85.3 Å². The van der Waals surface area contributed by atoms with Crippen LogP contribution in [0.25, 0.3) is 0 Å². The van der Waals surface area contributed by atoms with E-state index in [-0.39, 0.29) is 11.3 Å². The standard InChI is InChI=1S/C10H8F2N2O/c1-6-4-8(12)9(5-7(6)11)14-10(15)2-3-13/h4-5H,2H2,1H3,(H,14,15). The Bertz CT molecular complexity index is 438. The van der Waals surface area contributed by atoms with Gasteiger partial charge in [-0.1, -0.05) is 0 Å². The fourth-order valence-electron chi connectivity index (χ4n) is 1.01. The number of hydrogen-bond donors (Lipinski definition) is 1. The van der Waals surface area contributed by atoms with Crippen LogP contribution in [0.15, 0.2) is 12.1 Å². The second-order valence-electron chi connectivity index (χ2n) is 2.96. The monoisotopic (exact) mass is 210 g/mol. The van der Waals surface area contributed by atoms with Crippen LogP contribution in [0, 0.1) is 29.9 Å². The number of halogens is 2. The number of benzene rings is 1. The largest absolute Gasteiger partial charge is 0.323 e. The zero-order valence-corrected chi connectivity index (χ0v) is 7.97. The smallest absolute Gasteiger partial charge is 0.238 e. The van der Waals surface area contributed by atoms with Crippen LogP contribution in [0.5, 0.6) is 0 Å². The maximum atomic E-state index is 13.2. The van der Waals surface area contributed by atoms with E-state index in [1.54, 1.807) is 6.07 Å². The normalized spacial score (nSPS) is 9.47. The zero-order chi connectivity index (χ0) is 11.4. The van der Waals surface area contributed by atoms with Gasteiger partial charge in [0.1, 0.15) is 18.1 Å². The predicted molar refractivity (Wildman–Crippen MR) is 50.0 cm³/mol. The lowest BCUT2D eigenvalue weighted by molar-refractivity contribution is -0.115. The fraction of sp³-hybridized carbons (Fsp3) is 0.200. The molecule has 3 nitrogen and oxygen atoms in total. The van der Waals surface area contributed by atoms with Crippen molar-refractivity contribution >= 4 is 11.6 Å². The summed E-state index contributed by atoms with van der Waals surface area (Å²) in [6.07, 6.45) is -0.394. The number of rotatable bonds is 2. The first kappa shape index (κ1) is 11.1. The lowest BCUT2D eigenvalue weighted by atomic mass is 10.2. The summed E-state index contributed by atoms with van der Waals surface area (Å²) in [5.74, 6) is -2.00. The molecule has 0 fully saturated rings. The van der Waals surface area contributed by atoms with Crippen molar-refractivity contribution < 1.29 is 13.6 Å². The first-order valence-corrected chi connectivity index (χ1v) is 4.17. The summed E-state index contributed by atoms with van der Waals surface area (Å²) in [5.41, 5.74) is -0.0934. The minimum absolute atomic E-state index is 0.158. The van der Waals surface area contributed by atoms with Gasteiger partial charge in [-0.25, -0.2) is 8.78 Å². The van der Waals surface area contributed by atoms with Gasteiger partial charge in [0.05, 0.1) is 11.8 Å². The van der Waals surface area contributed by atoms with E-state index in [9.17, 15) is 13.6 Å². The highest BCUT2D eigenvalue weighted by atomic mass is 19.1. The van der Waals surface area contributed by atoms with Crippen LogP contribution in [0.4, 0.5) is 14.5 Å². The lowest BCUT2D eigenvalue weighted by Crippen LogP contribution is -2.11. The van der Waals surface area contributed by atoms with Gasteiger partial charge in [-0.05, 0) is 18.6 Å². The number of amides is 1. The molecule has 0 heterocycles. The van der Waals surface area contributed by atoms with Crippen LogP contribution in [0.1, 0.15) is 12.0 Å². The van der Waals surface area contributed by atoms with E-state index < -0.39 is 24.0 Å². The molecule has 15 heavy (non-hydrogen) atoms. The third-order valence-electron chi connectivity index (χ3n) is 1.76. The molecule has 0 aliphatic carbocycles. The van der Waals surface area contributed by atoms with E-state index in [0.717, 1.165) is 12.1 Å². The van der Waals surface area contributed by atoms with Gasteiger partial charge in [-0.3, -0.25) is 4.79 Å². The first-order valence-electron chi connectivity index (χ1n) is 4.17. The van der Waals surface area contributed by atoms with Crippen LogP contribution in [0.2, 0.25) is 0 Å². The molecule has 0 unspecified atom stereocenters. The molecule has 78 valence electrons. The van der Waals surface area contributed by atoms with Crippen molar-refractivity contribution in [2.24, 2.45) is 0 Å². The summed E-state index contributed by atoms with van der Waals surface area (Å²) in [6, 6.07) is 3.48. The summed E-state index contributed by atoms with van der Waals surface area (Å²) in [7, 11) is 0. The number of nitrogens with one attached hydrogen (secondary N) is 1. The van der Waals surface area contributed by atoms with Gasteiger partial charge < -0.3 is 5.32 Å². The number of hydrogen-bond acceptors (Lipinski definition) is 2. The molecule has 0 bridgehead atoms. The van der Waals surface area contributed by atoms with E-state index in [1.807, 2.05) is 0 Å². The van der Waals surface area contributed by atoms with Crippen LogP contribution in [-0.4, -0.2) is 5.91 Å². The first-order chi connectivity index (χ1) is 7.04. The number of carbonyl (C=O) groups is 1. The lowest BCUT2D eigenvalue weighted by Gasteiger charge is -2.05. The highest BCUT2D eigenvalue weighted by Gasteiger charge is 2.09. The van der Waals surface area contributed by atoms with Crippen molar-refractivity contribution in [3.05, 3.63) is 29.3 Å². The van der Waals surface area contributed by atoms with Crippen LogP contribution < -0.4 is 5.32 Å². The molecule has 1 aromatic carbocycles. The molecule has 0 aromatic heterocycles. The predicted octanol–water partition coefficient (Wildman–Crippen LogP) is 2.13. The molecular weight excluding hydrogens is 202 g/mol. The van der Waals surface area contributed by atoms with Crippen LogP contribution >= 0.6 is 0 Å². The molecule has 0 atom stereocenters. The third-order valence-corrected chi connectivity index (χ3v) is 1.76. The van der Waals surface area contributed by atoms with Gasteiger partial charge in [0.15, 0.2) is 0 Å². The Morgan fingerprint density at radius 2 is 2.13 bits per heavy atom. The number of carbonyl (C=O) groups excluding carboxylic acids is 1. The summed E-state index contributed by atoms with van der Waals surface area (Å²) in [5, 5.41) is 10.3. The molecule has 0 radical (unpaired) electrons. The summed E-state index contributed by atoms with van der Waals surface area (Å²) < 4.78 is 26.2. The average Bonchev–Trinajstić information content (AvgIpc) is 2.14. The van der Waals surface area contributed by atoms with Gasteiger partial charge >= 0.3 is 0 Å². The summed E-state index contributed by atoms with van der Waals surface area (Å²) in [6.45, 7) is 1.42. The Balaban J connectivity index is 2.92. The quantitative estimate of drug-likeness (QED) is 0.812. The van der Waals surface area contributed by atoms with Crippen molar-refractivity contribution in [2.75, 3.05) is 5.32 Å². The number of nitrogens with zero attached hydrogens (tertiary/aromatic N) is 1. The molecule has 0 saturated carbocycles. The third kappa shape index (κ3) is 2.74. The molecule has 1 aromatic rings. The van der Waals surface area contributed by atoms with Crippen molar-refractivity contribution in [2.45, 2.75) is 13.3 Å². The van der Waals surface area contributed by atoms with E-state index >= 15 is 0 Å². The van der Waals surface area contributed by atoms with E-state index in [0.29, 0.717) is 0 Å².